The van der Waals surface area contributed by atoms with Crippen LogP contribution in [-0.4, -0.2) is 75.1 Å². The number of carbonyl (C=O) groups is 2. The molecule has 0 atom stereocenters. The second-order valence-corrected chi connectivity index (χ2v) is 10.0. The van der Waals surface area contributed by atoms with Gasteiger partial charge in [-0.2, -0.15) is 0 Å². The number of aromatic nitrogens is 1. The van der Waals surface area contributed by atoms with E-state index in [1.54, 1.807) is 16.2 Å². The van der Waals surface area contributed by atoms with Crippen LogP contribution in [0.15, 0.2) is 46.8 Å². The number of pyridine rings is 1. The van der Waals surface area contributed by atoms with Crippen LogP contribution in [0.1, 0.15) is 17.0 Å². The first-order valence-electron chi connectivity index (χ1n) is 10.3. The lowest BCUT2D eigenvalue weighted by molar-refractivity contribution is -0.133. The Morgan fingerprint density at radius 2 is 1.97 bits per heavy atom. The van der Waals surface area contributed by atoms with Crippen molar-refractivity contribution in [2.75, 3.05) is 39.3 Å². The fraction of sp³-hybridized carbons (Fsp3) is 0.364. The van der Waals surface area contributed by atoms with Gasteiger partial charge in [-0.15, -0.1) is 11.3 Å². The van der Waals surface area contributed by atoms with Gasteiger partial charge in [0.2, 0.25) is 5.91 Å². The van der Waals surface area contributed by atoms with E-state index in [-0.39, 0.29) is 11.8 Å². The number of thiocarbonyl (C=S) groups is 1. The van der Waals surface area contributed by atoms with E-state index < -0.39 is 0 Å². The van der Waals surface area contributed by atoms with Gasteiger partial charge in [-0.05, 0) is 29.7 Å². The van der Waals surface area contributed by atoms with Gasteiger partial charge >= 0.3 is 0 Å². The van der Waals surface area contributed by atoms with Gasteiger partial charge in [-0.3, -0.25) is 24.4 Å². The Hall–Kier alpha value is -2.07. The highest BCUT2D eigenvalue weighted by Crippen LogP contribution is 2.33. The zero-order valence-electron chi connectivity index (χ0n) is 17.1. The number of piperazine rings is 1. The maximum Gasteiger partial charge on any atom is 0.266 e. The Balaban J connectivity index is 1.21. The van der Waals surface area contributed by atoms with Gasteiger partial charge in [0.05, 0.1) is 4.91 Å². The molecule has 31 heavy (non-hydrogen) atoms. The summed E-state index contributed by atoms with van der Waals surface area (Å²) in [4.78, 5) is 37.2. The molecule has 0 unspecified atom stereocenters. The van der Waals surface area contributed by atoms with E-state index >= 15 is 0 Å². The van der Waals surface area contributed by atoms with Crippen LogP contribution in [0.4, 0.5) is 0 Å². The normalized spacial score (nSPS) is 18.9. The van der Waals surface area contributed by atoms with Crippen molar-refractivity contribution >= 4 is 57.5 Å². The van der Waals surface area contributed by atoms with Crippen LogP contribution in [0, 0.1) is 0 Å². The summed E-state index contributed by atoms with van der Waals surface area (Å²) in [6.07, 6.45) is 4.91. The molecule has 2 amide bonds. The Bertz CT molecular complexity index is 954. The number of thiophene rings is 1. The van der Waals surface area contributed by atoms with Crippen molar-refractivity contribution < 1.29 is 9.59 Å². The first-order valence-corrected chi connectivity index (χ1v) is 12.4. The van der Waals surface area contributed by atoms with E-state index in [1.807, 2.05) is 52.9 Å². The summed E-state index contributed by atoms with van der Waals surface area (Å²) in [5.41, 5.74) is 1.10. The van der Waals surface area contributed by atoms with Crippen molar-refractivity contribution in [1.29, 1.82) is 0 Å². The fourth-order valence-electron chi connectivity index (χ4n) is 3.60. The molecule has 2 aliphatic rings. The average Bonchev–Trinajstić information content (AvgIpc) is 3.40. The third-order valence-corrected chi connectivity index (χ3v) is 7.57. The maximum absolute atomic E-state index is 12.7. The summed E-state index contributed by atoms with van der Waals surface area (Å²) in [7, 11) is 0. The van der Waals surface area contributed by atoms with E-state index in [0.717, 1.165) is 49.7 Å². The lowest BCUT2D eigenvalue weighted by Crippen LogP contribution is -2.49. The van der Waals surface area contributed by atoms with Crippen molar-refractivity contribution in [1.82, 2.24) is 19.7 Å². The zero-order chi connectivity index (χ0) is 21.6. The molecule has 0 radical (unpaired) electrons. The Morgan fingerprint density at radius 1 is 1.13 bits per heavy atom. The number of hydrogen-bond donors (Lipinski definition) is 0. The number of hydrogen-bond acceptors (Lipinski definition) is 7. The van der Waals surface area contributed by atoms with Crippen molar-refractivity contribution in [2.45, 2.75) is 12.8 Å². The second-order valence-electron chi connectivity index (χ2n) is 7.39. The molecular weight excluding hydrogens is 448 g/mol. The van der Waals surface area contributed by atoms with E-state index in [2.05, 4.69) is 9.88 Å². The monoisotopic (exact) mass is 472 g/mol. The van der Waals surface area contributed by atoms with Gasteiger partial charge in [0.1, 0.15) is 4.32 Å². The number of thioether (sulfide) groups is 1. The molecule has 4 heterocycles. The van der Waals surface area contributed by atoms with Gasteiger partial charge in [-0.25, -0.2) is 0 Å². The predicted octanol–water partition coefficient (Wildman–Crippen LogP) is 3.12. The van der Waals surface area contributed by atoms with Gasteiger partial charge in [0, 0.05) is 68.9 Å². The number of carbonyl (C=O) groups excluding carboxylic acids is 2. The van der Waals surface area contributed by atoms with Crippen LogP contribution in [0.3, 0.4) is 0 Å². The minimum Gasteiger partial charge on any atom is -0.340 e. The lowest BCUT2D eigenvalue weighted by atomic mass is 10.2. The summed E-state index contributed by atoms with van der Waals surface area (Å²) in [5, 5.41) is 1.98. The molecule has 4 rings (SSSR count). The predicted molar refractivity (Wildman–Crippen MR) is 130 cm³/mol. The minimum absolute atomic E-state index is 0.0839. The molecule has 0 aromatic carbocycles. The quantitative estimate of drug-likeness (QED) is 0.456. The second kappa shape index (κ2) is 10.5. The zero-order valence-corrected chi connectivity index (χ0v) is 19.6. The highest BCUT2D eigenvalue weighted by Gasteiger charge is 2.32. The summed E-state index contributed by atoms with van der Waals surface area (Å²) in [6.45, 7) is 4.46. The molecule has 0 aliphatic carbocycles. The Morgan fingerprint density at radius 3 is 2.68 bits per heavy atom. The van der Waals surface area contributed by atoms with Crippen LogP contribution in [-0.2, 0) is 16.0 Å². The molecule has 2 aliphatic heterocycles. The lowest BCUT2D eigenvalue weighted by Gasteiger charge is -2.35. The summed E-state index contributed by atoms with van der Waals surface area (Å²) < 4.78 is 0.528. The Kier molecular flexibility index (Phi) is 7.49. The molecule has 0 N–H and O–H groups in total. The minimum atomic E-state index is -0.101. The topological polar surface area (TPSA) is 56.8 Å². The first-order chi connectivity index (χ1) is 15.1. The van der Waals surface area contributed by atoms with Crippen molar-refractivity contribution in [2.24, 2.45) is 0 Å². The first kappa shape index (κ1) is 22.1. The molecule has 162 valence electrons. The number of amides is 2. The standard InChI is InChI=1S/C22H24N4O2S3/c27-20(25-13-11-24(12-14-25)9-6-17-4-1-2-8-23-17)7-10-26-21(28)19(31-22(26)29)16-18-5-3-15-30-18/h1-5,8,15-16H,6-7,9-14H2/b19-16-. The molecule has 0 saturated carbocycles. The molecule has 2 saturated heterocycles. The molecule has 2 aromatic rings. The van der Waals surface area contributed by atoms with E-state index in [4.69, 9.17) is 12.2 Å². The molecular formula is C22H24N4O2S3. The molecule has 2 aromatic heterocycles. The van der Waals surface area contributed by atoms with Crippen molar-refractivity contribution in [3.8, 4) is 0 Å². The SMILES string of the molecule is O=C(CCN1C(=O)/C(=C/c2cccs2)SC1=S)N1CCN(CCc2ccccn2)CC1. The molecule has 0 spiro atoms. The Labute approximate surface area is 195 Å². The largest absolute Gasteiger partial charge is 0.340 e. The van der Waals surface area contributed by atoms with Gasteiger partial charge in [-0.1, -0.05) is 36.1 Å². The molecule has 0 bridgehead atoms. The van der Waals surface area contributed by atoms with E-state index in [9.17, 15) is 9.59 Å². The number of nitrogens with zero attached hydrogens (tertiary/aromatic N) is 4. The van der Waals surface area contributed by atoms with Crippen LogP contribution >= 0.6 is 35.3 Å². The number of rotatable bonds is 7. The van der Waals surface area contributed by atoms with Crippen LogP contribution < -0.4 is 0 Å². The summed E-state index contributed by atoms with van der Waals surface area (Å²) in [6, 6.07) is 9.90. The third kappa shape index (κ3) is 5.79. The highest BCUT2D eigenvalue weighted by atomic mass is 32.2. The smallest absolute Gasteiger partial charge is 0.266 e. The van der Waals surface area contributed by atoms with Crippen LogP contribution in [0.25, 0.3) is 6.08 Å². The summed E-state index contributed by atoms with van der Waals surface area (Å²) >= 11 is 8.27. The third-order valence-electron chi connectivity index (χ3n) is 5.37. The van der Waals surface area contributed by atoms with Crippen LogP contribution in [0.5, 0.6) is 0 Å². The van der Waals surface area contributed by atoms with E-state index in [1.165, 1.54) is 11.8 Å². The van der Waals surface area contributed by atoms with Crippen molar-refractivity contribution in [3.05, 3.63) is 57.4 Å². The van der Waals surface area contributed by atoms with E-state index in [0.29, 0.717) is 22.2 Å². The highest BCUT2D eigenvalue weighted by molar-refractivity contribution is 8.26. The van der Waals surface area contributed by atoms with Crippen molar-refractivity contribution in [3.63, 3.8) is 0 Å². The average molecular weight is 473 g/mol. The van der Waals surface area contributed by atoms with Gasteiger partial charge < -0.3 is 4.90 Å². The molecule has 2 fully saturated rings. The fourth-order valence-corrected chi connectivity index (χ4v) is 5.63. The van der Waals surface area contributed by atoms with Gasteiger partial charge in [0.15, 0.2) is 0 Å². The van der Waals surface area contributed by atoms with Gasteiger partial charge in [0.25, 0.3) is 5.91 Å². The van der Waals surface area contributed by atoms with Crippen LogP contribution in [0.2, 0.25) is 0 Å². The molecule has 9 heteroatoms. The maximum atomic E-state index is 12.7. The summed E-state index contributed by atoms with van der Waals surface area (Å²) in [5.74, 6) is -0.0174. The molecule has 6 nitrogen and oxygen atoms in total.